The van der Waals surface area contributed by atoms with Crippen LogP contribution in [0.2, 0.25) is 0 Å². The molecular formula is C17H17N3O3S. The summed E-state index contributed by atoms with van der Waals surface area (Å²) < 4.78 is 0. The Kier molecular flexibility index (Phi) is 4.19. The van der Waals surface area contributed by atoms with Gasteiger partial charge in [-0.25, -0.2) is 4.98 Å². The molecule has 7 heteroatoms. The maximum atomic E-state index is 12.4. The summed E-state index contributed by atoms with van der Waals surface area (Å²) in [4.78, 5) is 42.6. The highest BCUT2D eigenvalue weighted by Crippen LogP contribution is 2.26. The first-order valence-electron chi connectivity index (χ1n) is 7.63. The van der Waals surface area contributed by atoms with E-state index >= 15 is 0 Å². The predicted octanol–water partition coefficient (Wildman–Crippen LogP) is 2.89. The van der Waals surface area contributed by atoms with Crippen LogP contribution >= 0.6 is 11.3 Å². The summed E-state index contributed by atoms with van der Waals surface area (Å²) in [7, 11) is 0. The van der Waals surface area contributed by atoms with Gasteiger partial charge in [0.1, 0.15) is 6.04 Å². The van der Waals surface area contributed by atoms with Crippen LogP contribution in [0.5, 0.6) is 0 Å². The molecule has 1 aliphatic heterocycles. The van der Waals surface area contributed by atoms with E-state index < -0.39 is 23.8 Å². The molecule has 0 saturated carbocycles. The van der Waals surface area contributed by atoms with Gasteiger partial charge in [-0.15, -0.1) is 11.3 Å². The van der Waals surface area contributed by atoms with Gasteiger partial charge in [0.05, 0.1) is 16.8 Å². The first kappa shape index (κ1) is 16.3. The van der Waals surface area contributed by atoms with Crippen LogP contribution in [0, 0.1) is 0 Å². The SMILES string of the molecule is CC(C)c1csc(NC(=O)C(C)N2C(=O)c3ccccc3C2=O)n1. The third kappa shape index (κ3) is 2.71. The number of thiazole rings is 1. The summed E-state index contributed by atoms with van der Waals surface area (Å²) >= 11 is 1.32. The van der Waals surface area contributed by atoms with E-state index in [4.69, 9.17) is 0 Å². The summed E-state index contributed by atoms with van der Waals surface area (Å²) in [5.41, 5.74) is 1.56. The van der Waals surface area contributed by atoms with E-state index in [0.717, 1.165) is 10.6 Å². The highest BCUT2D eigenvalue weighted by molar-refractivity contribution is 7.13. The molecule has 0 spiro atoms. The topological polar surface area (TPSA) is 79.4 Å². The number of nitrogens with zero attached hydrogens (tertiary/aromatic N) is 2. The molecule has 1 unspecified atom stereocenters. The fraction of sp³-hybridized carbons (Fsp3) is 0.294. The molecule has 0 aliphatic carbocycles. The van der Waals surface area contributed by atoms with E-state index in [1.54, 1.807) is 24.3 Å². The molecule has 1 N–H and O–H groups in total. The number of anilines is 1. The minimum absolute atomic E-state index is 0.264. The van der Waals surface area contributed by atoms with Crippen LogP contribution in [-0.4, -0.2) is 33.6 Å². The second-order valence-corrected chi connectivity index (χ2v) is 6.78. The molecule has 0 saturated heterocycles. The maximum absolute atomic E-state index is 12.4. The fourth-order valence-electron chi connectivity index (χ4n) is 2.50. The molecule has 1 aromatic carbocycles. The molecular weight excluding hydrogens is 326 g/mol. The van der Waals surface area contributed by atoms with E-state index in [-0.39, 0.29) is 5.92 Å². The van der Waals surface area contributed by atoms with Crippen LogP contribution in [0.15, 0.2) is 29.6 Å². The third-order valence-electron chi connectivity index (χ3n) is 3.94. The Morgan fingerprint density at radius 2 is 1.71 bits per heavy atom. The number of fused-ring (bicyclic) bond motifs is 1. The number of hydrogen-bond donors (Lipinski definition) is 1. The highest BCUT2D eigenvalue weighted by Gasteiger charge is 2.40. The first-order valence-corrected chi connectivity index (χ1v) is 8.51. The van der Waals surface area contributed by atoms with Gasteiger partial charge in [-0.2, -0.15) is 0 Å². The van der Waals surface area contributed by atoms with Gasteiger partial charge in [-0.05, 0) is 25.0 Å². The lowest BCUT2D eigenvalue weighted by molar-refractivity contribution is -0.119. The molecule has 1 aliphatic rings. The van der Waals surface area contributed by atoms with Crippen molar-refractivity contribution in [1.29, 1.82) is 0 Å². The zero-order chi connectivity index (χ0) is 17.4. The van der Waals surface area contributed by atoms with E-state index in [2.05, 4.69) is 10.3 Å². The van der Waals surface area contributed by atoms with Crippen LogP contribution in [-0.2, 0) is 4.79 Å². The lowest BCUT2D eigenvalue weighted by atomic mass is 10.1. The van der Waals surface area contributed by atoms with Crippen molar-refractivity contribution in [2.45, 2.75) is 32.7 Å². The van der Waals surface area contributed by atoms with Crippen molar-refractivity contribution < 1.29 is 14.4 Å². The average molecular weight is 343 g/mol. The number of carbonyl (C=O) groups excluding carboxylic acids is 3. The van der Waals surface area contributed by atoms with Crippen LogP contribution in [0.25, 0.3) is 0 Å². The maximum Gasteiger partial charge on any atom is 0.262 e. The second kappa shape index (κ2) is 6.16. The minimum Gasteiger partial charge on any atom is -0.300 e. The fourth-order valence-corrected chi connectivity index (χ4v) is 3.37. The zero-order valence-electron chi connectivity index (χ0n) is 13.6. The molecule has 0 bridgehead atoms. The van der Waals surface area contributed by atoms with Crippen molar-refractivity contribution in [1.82, 2.24) is 9.88 Å². The monoisotopic (exact) mass is 343 g/mol. The number of carbonyl (C=O) groups is 3. The minimum atomic E-state index is -0.913. The van der Waals surface area contributed by atoms with Crippen molar-refractivity contribution in [3.8, 4) is 0 Å². The van der Waals surface area contributed by atoms with Gasteiger partial charge in [0.15, 0.2) is 5.13 Å². The molecule has 0 radical (unpaired) electrons. The van der Waals surface area contributed by atoms with Crippen molar-refractivity contribution in [2.75, 3.05) is 5.32 Å². The summed E-state index contributed by atoms with van der Waals surface area (Å²) in [6.45, 7) is 5.57. The van der Waals surface area contributed by atoms with Gasteiger partial charge < -0.3 is 5.32 Å². The van der Waals surface area contributed by atoms with Crippen LogP contribution in [0.4, 0.5) is 5.13 Å². The Hall–Kier alpha value is -2.54. The smallest absolute Gasteiger partial charge is 0.262 e. The Labute approximate surface area is 143 Å². The van der Waals surface area contributed by atoms with Crippen molar-refractivity contribution in [3.05, 3.63) is 46.5 Å². The van der Waals surface area contributed by atoms with Gasteiger partial charge in [-0.1, -0.05) is 26.0 Å². The number of nitrogens with one attached hydrogen (secondary N) is 1. The van der Waals surface area contributed by atoms with Gasteiger partial charge in [0.2, 0.25) is 5.91 Å². The van der Waals surface area contributed by atoms with Crippen molar-refractivity contribution in [2.24, 2.45) is 0 Å². The van der Waals surface area contributed by atoms with Crippen LogP contribution < -0.4 is 5.32 Å². The van der Waals surface area contributed by atoms with E-state index in [9.17, 15) is 14.4 Å². The lowest BCUT2D eigenvalue weighted by Crippen LogP contribution is -2.45. The van der Waals surface area contributed by atoms with Crippen LogP contribution in [0.3, 0.4) is 0 Å². The molecule has 124 valence electrons. The second-order valence-electron chi connectivity index (χ2n) is 5.92. The Bertz CT molecular complexity index is 793. The van der Waals surface area contributed by atoms with E-state index in [0.29, 0.717) is 16.3 Å². The quantitative estimate of drug-likeness (QED) is 0.866. The first-order chi connectivity index (χ1) is 11.4. The van der Waals surface area contributed by atoms with E-state index in [1.807, 2.05) is 19.2 Å². The zero-order valence-corrected chi connectivity index (χ0v) is 14.4. The van der Waals surface area contributed by atoms with Gasteiger partial charge >= 0.3 is 0 Å². The summed E-state index contributed by atoms with van der Waals surface area (Å²) in [5, 5.41) is 5.03. The predicted molar refractivity (Wildman–Crippen MR) is 91.2 cm³/mol. The number of imide groups is 1. The van der Waals surface area contributed by atoms with Gasteiger partial charge in [0, 0.05) is 5.38 Å². The molecule has 24 heavy (non-hydrogen) atoms. The highest BCUT2D eigenvalue weighted by atomic mass is 32.1. The molecule has 2 heterocycles. The summed E-state index contributed by atoms with van der Waals surface area (Å²) in [5.74, 6) is -1.06. The van der Waals surface area contributed by atoms with Gasteiger partial charge in [0.25, 0.3) is 11.8 Å². The molecule has 0 fully saturated rings. The number of aromatic nitrogens is 1. The Balaban J connectivity index is 1.77. The molecule has 2 aromatic rings. The number of amides is 3. The summed E-state index contributed by atoms with van der Waals surface area (Å²) in [6.07, 6.45) is 0. The molecule has 1 aromatic heterocycles. The number of benzene rings is 1. The molecule has 1 atom stereocenters. The van der Waals surface area contributed by atoms with Crippen molar-refractivity contribution >= 4 is 34.2 Å². The Morgan fingerprint density at radius 1 is 1.12 bits per heavy atom. The summed E-state index contributed by atoms with van der Waals surface area (Å²) in [6, 6.07) is 5.66. The standard InChI is InChI=1S/C17H17N3O3S/c1-9(2)13-8-24-17(18-13)19-14(21)10(3)20-15(22)11-6-4-5-7-12(11)16(20)23/h4-10H,1-3H3,(H,18,19,21). The van der Waals surface area contributed by atoms with Gasteiger partial charge in [-0.3, -0.25) is 19.3 Å². The lowest BCUT2D eigenvalue weighted by Gasteiger charge is -2.21. The third-order valence-corrected chi connectivity index (χ3v) is 4.71. The largest absolute Gasteiger partial charge is 0.300 e. The van der Waals surface area contributed by atoms with Crippen LogP contribution in [0.1, 0.15) is 53.1 Å². The van der Waals surface area contributed by atoms with Crippen molar-refractivity contribution in [3.63, 3.8) is 0 Å². The normalized spacial score (nSPS) is 14.9. The Morgan fingerprint density at radius 3 is 2.21 bits per heavy atom. The molecule has 6 nitrogen and oxygen atoms in total. The molecule has 3 amide bonds. The average Bonchev–Trinajstić information content (AvgIpc) is 3.12. The van der Waals surface area contributed by atoms with E-state index in [1.165, 1.54) is 18.3 Å². The number of hydrogen-bond acceptors (Lipinski definition) is 5. The molecule has 3 rings (SSSR count). The number of rotatable bonds is 4.